The van der Waals surface area contributed by atoms with Crippen LogP contribution >= 0.6 is 0 Å². The van der Waals surface area contributed by atoms with Gasteiger partial charge in [0, 0.05) is 36.1 Å². The number of nitrogens with zero attached hydrogens (tertiary/aromatic N) is 2. The van der Waals surface area contributed by atoms with Gasteiger partial charge in [0.1, 0.15) is 0 Å². The molecule has 0 saturated heterocycles. The summed E-state index contributed by atoms with van der Waals surface area (Å²) >= 11 is 0. The fourth-order valence-electron chi connectivity index (χ4n) is 10.4. The second kappa shape index (κ2) is 68.9. The van der Waals surface area contributed by atoms with E-state index in [4.69, 9.17) is 19.4 Å². The lowest BCUT2D eigenvalue weighted by Crippen LogP contribution is -2.39. The van der Waals surface area contributed by atoms with Crippen LogP contribution in [0.4, 0.5) is 0 Å². The summed E-state index contributed by atoms with van der Waals surface area (Å²) in [6, 6.07) is 0. The van der Waals surface area contributed by atoms with Gasteiger partial charge in [0.25, 0.3) is 0 Å². The summed E-state index contributed by atoms with van der Waals surface area (Å²) in [5.74, 6) is -2.02. The molecule has 0 aliphatic rings. The van der Waals surface area contributed by atoms with Crippen LogP contribution in [0.3, 0.4) is 0 Å². The molecule has 0 saturated carbocycles. The van der Waals surface area contributed by atoms with Crippen LogP contribution in [0, 0.1) is 0 Å². The van der Waals surface area contributed by atoms with Gasteiger partial charge in [0.15, 0.2) is 0 Å². The fraction of sp³-hybridized carbons (Fsp3) is 0.838. The van der Waals surface area contributed by atoms with Crippen molar-refractivity contribution in [2.24, 2.45) is 0 Å². The van der Waals surface area contributed by atoms with E-state index in [-0.39, 0.29) is 38.8 Å². The minimum absolute atomic E-state index is 0.181. The molecule has 0 amide bonds. The first-order valence-corrected chi connectivity index (χ1v) is 36.3. The number of hydrogen-bond donors (Lipinski definition) is 0. The fourth-order valence-corrected chi connectivity index (χ4v) is 10.4. The maximum atomic E-state index is 13.3. The van der Waals surface area contributed by atoms with Crippen molar-refractivity contribution in [3.8, 4) is 0 Å². The molecule has 490 valence electrons. The second-order valence-electron chi connectivity index (χ2n) is 24.3. The van der Waals surface area contributed by atoms with Crippen LogP contribution in [-0.2, 0) is 38.5 Å². The van der Waals surface area contributed by atoms with Crippen molar-refractivity contribution >= 4 is 23.9 Å². The van der Waals surface area contributed by atoms with E-state index in [9.17, 15) is 19.2 Å². The molecule has 0 aromatic heterocycles. The molecular formula is C74H136N2O8. The number of rotatable bonds is 67. The molecule has 0 atom stereocenters. The molecular weight excluding hydrogens is 1040 g/mol. The Bertz CT molecular complexity index is 1320. The van der Waals surface area contributed by atoms with Crippen LogP contribution in [-0.4, -0.2) is 47.4 Å². The highest BCUT2D eigenvalue weighted by molar-refractivity contribution is 5.71. The van der Waals surface area contributed by atoms with Gasteiger partial charge in [-0.1, -0.05) is 282 Å². The van der Waals surface area contributed by atoms with Crippen LogP contribution in [0.25, 0.3) is 0 Å². The summed E-state index contributed by atoms with van der Waals surface area (Å²) < 4.78 is 0. The number of carbonyl (C=O) groups is 4. The lowest BCUT2D eigenvalue weighted by atomic mass is 10.1. The standard InChI is InChI=1S/C74H136N2O8/c1-5-9-13-17-21-25-29-33-37-41-45-49-53-57-61-65-71(77)81-75(82-72(78)66-62-58-54-50-46-42-38-34-30-26-22-18-14-10-6-2)69-70-76(83-73(79)67-63-59-55-51-47-43-39-35-31-27-23-19-15-11-7-3)84-74(80)68-64-60-56-52-48-44-40-36-32-28-24-20-16-12-8-4/h33-40H,5-32,41-70H2,1-4H3/b37-33-,38-34-,39-35-,40-36-. The summed E-state index contributed by atoms with van der Waals surface area (Å²) in [6.07, 6.45) is 79.5. The van der Waals surface area contributed by atoms with Gasteiger partial charge in [-0.05, 0) is 128 Å². The SMILES string of the molecule is CCCCCCCC/C=C\CCCCCCCC(=O)ON(CCN(OC(=O)CCCCCCC/C=C\CCCCCCCC)OC(=O)CCCCCCC/C=C\CCCCCCCC)OC(=O)CCCCCCC/C=C\CCCCCCCC. The highest BCUT2D eigenvalue weighted by Gasteiger charge is 2.23. The number of carbonyl (C=O) groups excluding carboxylic acids is 4. The van der Waals surface area contributed by atoms with Crippen molar-refractivity contribution in [3.05, 3.63) is 48.6 Å². The van der Waals surface area contributed by atoms with Gasteiger partial charge in [-0.3, -0.25) is 19.2 Å². The Morgan fingerprint density at radius 3 is 0.524 bits per heavy atom. The van der Waals surface area contributed by atoms with E-state index >= 15 is 0 Å². The molecule has 0 bridgehead atoms. The summed E-state index contributed by atoms with van der Waals surface area (Å²) in [4.78, 5) is 75.7. The molecule has 84 heavy (non-hydrogen) atoms. The van der Waals surface area contributed by atoms with Crippen molar-refractivity contribution in [1.29, 1.82) is 0 Å². The summed E-state index contributed by atoms with van der Waals surface area (Å²) in [6.45, 7) is 8.67. The van der Waals surface area contributed by atoms with Gasteiger partial charge < -0.3 is 19.4 Å². The summed E-state index contributed by atoms with van der Waals surface area (Å²) in [5.41, 5.74) is 0. The average Bonchev–Trinajstić information content (AvgIpc) is 3.54. The molecule has 0 aliphatic heterocycles. The minimum Gasteiger partial charge on any atom is -0.333 e. The zero-order chi connectivity index (χ0) is 61.0. The Morgan fingerprint density at radius 1 is 0.214 bits per heavy atom. The monoisotopic (exact) mass is 1180 g/mol. The van der Waals surface area contributed by atoms with E-state index in [1.165, 1.54) is 180 Å². The van der Waals surface area contributed by atoms with Gasteiger partial charge in [0.2, 0.25) is 0 Å². The van der Waals surface area contributed by atoms with Crippen LogP contribution in [0.1, 0.15) is 387 Å². The Labute approximate surface area is 519 Å². The topological polar surface area (TPSA) is 112 Å². The van der Waals surface area contributed by atoms with Gasteiger partial charge in [0.05, 0.1) is 13.1 Å². The van der Waals surface area contributed by atoms with Gasteiger partial charge in [-0.25, -0.2) is 0 Å². The Balaban J connectivity index is 5.38. The van der Waals surface area contributed by atoms with Crippen molar-refractivity contribution in [2.45, 2.75) is 387 Å². The Hall–Kier alpha value is -3.24. The summed E-state index contributed by atoms with van der Waals surface area (Å²) in [7, 11) is 0. The zero-order valence-corrected chi connectivity index (χ0v) is 55.8. The molecule has 0 aliphatic carbocycles. The van der Waals surface area contributed by atoms with E-state index in [1.54, 1.807) is 0 Å². The van der Waals surface area contributed by atoms with Crippen LogP contribution in [0.5, 0.6) is 0 Å². The van der Waals surface area contributed by atoms with E-state index < -0.39 is 23.9 Å². The normalized spacial score (nSPS) is 11.9. The van der Waals surface area contributed by atoms with Crippen molar-refractivity contribution in [2.75, 3.05) is 13.1 Å². The number of unbranched alkanes of at least 4 members (excludes halogenated alkanes) is 44. The first-order valence-electron chi connectivity index (χ1n) is 36.3. The average molecular weight is 1180 g/mol. The highest BCUT2D eigenvalue weighted by atomic mass is 17.0. The van der Waals surface area contributed by atoms with Gasteiger partial charge in [-0.15, -0.1) is 0 Å². The predicted octanol–water partition coefficient (Wildman–Crippen LogP) is 23.6. The third kappa shape index (κ3) is 64.8. The van der Waals surface area contributed by atoms with E-state index in [0.717, 1.165) is 139 Å². The quantitative estimate of drug-likeness (QED) is 0.0332. The molecule has 0 aromatic rings. The first kappa shape index (κ1) is 80.8. The van der Waals surface area contributed by atoms with E-state index in [0.29, 0.717) is 25.7 Å². The Kier molecular flexibility index (Phi) is 66.2. The van der Waals surface area contributed by atoms with Crippen LogP contribution in [0.15, 0.2) is 48.6 Å². The van der Waals surface area contributed by atoms with Crippen molar-refractivity contribution < 1.29 is 38.5 Å². The summed E-state index contributed by atoms with van der Waals surface area (Å²) in [5, 5.41) is 1.78. The third-order valence-electron chi connectivity index (χ3n) is 15.9. The number of hydroxylamine groups is 4. The largest absolute Gasteiger partial charge is 0.333 e. The van der Waals surface area contributed by atoms with E-state index in [1.807, 2.05) is 0 Å². The molecule has 0 fully saturated rings. The lowest BCUT2D eigenvalue weighted by Gasteiger charge is -2.23. The van der Waals surface area contributed by atoms with Gasteiger partial charge >= 0.3 is 23.9 Å². The predicted molar refractivity (Wildman–Crippen MR) is 356 cm³/mol. The molecule has 0 radical (unpaired) electrons. The van der Waals surface area contributed by atoms with Crippen LogP contribution < -0.4 is 0 Å². The van der Waals surface area contributed by atoms with E-state index in [2.05, 4.69) is 76.3 Å². The minimum atomic E-state index is -0.504. The molecule has 10 heteroatoms. The van der Waals surface area contributed by atoms with Crippen molar-refractivity contribution in [3.63, 3.8) is 0 Å². The molecule has 0 aromatic carbocycles. The Morgan fingerprint density at radius 2 is 0.357 bits per heavy atom. The molecule has 0 spiro atoms. The number of allylic oxidation sites excluding steroid dienone is 8. The lowest BCUT2D eigenvalue weighted by molar-refractivity contribution is -0.356. The highest BCUT2D eigenvalue weighted by Crippen LogP contribution is 2.17. The zero-order valence-electron chi connectivity index (χ0n) is 55.8. The maximum absolute atomic E-state index is 13.3. The molecule has 0 heterocycles. The molecule has 10 nitrogen and oxygen atoms in total. The number of hydrogen-bond acceptors (Lipinski definition) is 10. The smallest absolute Gasteiger partial charge is 0.329 e. The van der Waals surface area contributed by atoms with Gasteiger partial charge in [-0.2, -0.15) is 0 Å². The van der Waals surface area contributed by atoms with Crippen LogP contribution in [0.2, 0.25) is 0 Å². The molecule has 0 rings (SSSR count). The maximum Gasteiger partial charge on any atom is 0.329 e. The second-order valence-corrected chi connectivity index (χ2v) is 24.3. The van der Waals surface area contributed by atoms with Crippen molar-refractivity contribution in [1.82, 2.24) is 10.5 Å². The molecule has 0 N–H and O–H groups in total. The molecule has 0 unspecified atom stereocenters. The third-order valence-corrected chi connectivity index (χ3v) is 15.9. The first-order chi connectivity index (χ1) is 41.4.